The lowest BCUT2D eigenvalue weighted by Gasteiger charge is -2.09. The van der Waals surface area contributed by atoms with E-state index in [-0.39, 0.29) is 11.3 Å². The van der Waals surface area contributed by atoms with E-state index >= 15 is 0 Å². The van der Waals surface area contributed by atoms with Crippen LogP contribution in [0.5, 0.6) is 17.2 Å². The molecule has 216 valence electrons. The normalized spacial score (nSPS) is 12.0. The molecule has 0 radical (unpaired) electrons. The zero-order valence-electron chi connectivity index (χ0n) is 23.5. The van der Waals surface area contributed by atoms with Crippen LogP contribution in [0.3, 0.4) is 0 Å². The van der Waals surface area contributed by atoms with Gasteiger partial charge in [0, 0.05) is 17.3 Å². The summed E-state index contributed by atoms with van der Waals surface area (Å²) in [5, 5.41) is 9.13. The number of aromatic nitrogens is 5. The van der Waals surface area contributed by atoms with Crippen LogP contribution in [0.2, 0.25) is 0 Å². The molecule has 3 aromatic carbocycles. The third kappa shape index (κ3) is 5.62. The Kier molecular flexibility index (Phi) is 7.71. The highest BCUT2D eigenvalue weighted by atomic mass is 32.1. The first-order valence-corrected chi connectivity index (χ1v) is 14.2. The van der Waals surface area contributed by atoms with Gasteiger partial charge in [-0.1, -0.05) is 41.7 Å². The monoisotopic (exact) mass is 595 g/mol. The number of halogens is 1. The van der Waals surface area contributed by atoms with Gasteiger partial charge in [0.25, 0.3) is 5.56 Å². The Hall–Kier alpha value is -5.29. The molecule has 9 nitrogen and oxygen atoms in total. The highest BCUT2D eigenvalue weighted by Crippen LogP contribution is 2.30. The number of para-hydroxylation sites is 1. The summed E-state index contributed by atoms with van der Waals surface area (Å²) in [4.78, 5) is 18.3. The van der Waals surface area contributed by atoms with Gasteiger partial charge in [-0.2, -0.15) is 14.6 Å². The second kappa shape index (κ2) is 11.9. The van der Waals surface area contributed by atoms with Gasteiger partial charge in [-0.3, -0.25) is 4.79 Å². The fourth-order valence-corrected chi connectivity index (χ4v) is 5.44. The fourth-order valence-electron chi connectivity index (χ4n) is 4.54. The van der Waals surface area contributed by atoms with Crippen molar-refractivity contribution >= 4 is 34.5 Å². The Morgan fingerprint density at radius 1 is 0.930 bits per heavy atom. The maximum atomic E-state index is 14.6. The molecule has 0 N–H and O–H groups in total. The summed E-state index contributed by atoms with van der Waals surface area (Å²) in [5.41, 5.74) is 3.08. The number of fused-ring (bicyclic) bond motifs is 1. The van der Waals surface area contributed by atoms with E-state index in [4.69, 9.17) is 19.3 Å². The molecular weight excluding hydrogens is 569 g/mol. The van der Waals surface area contributed by atoms with Crippen LogP contribution in [0, 0.1) is 5.82 Å². The van der Waals surface area contributed by atoms with E-state index in [0.717, 1.165) is 11.3 Å². The molecule has 6 aromatic rings. The van der Waals surface area contributed by atoms with Crippen LogP contribution in [0.15, 0.2) is 77.7 Å². The Morgan fingerprint density at radius 3 is 2.44 bits per heavy atom. The first-order valence-electron chi connectivity index (χ1n) is 13.4. The molecule has 0 spiro atoms. The molecule has 0 bridgehead atoms. The molecule has 43 heavy (non-hydrogen) atoms. The molecule has 0 amide bonds. The Morgan fingerprint density at radius 2 is 1.72 bits per heavy atom. The number of benzene rings is 3. The summed E-state index contributed by atoms with van der Waals surface area (Å²) in [6.07, 6.45) is 7.11. The second-order valence-electron chi connectivity index (χ2n) is 9.32. The maximum Gasteiger partial charge on any atom is 0.291 e. The van der Waals surface area contributed by atoms with E-state index < -0.39 is 5.82 Å². The summed E-state index contributed by atoms with van der Waals surface area (Å²) in [6, 6.07) is 19.8. The molecule has 6 rings (SSSR count). The minimum Gasteiger partial charge on any atom is -0.494 e. The predicted molar refractivity (Wildman–Crippen MR) is 165 cm³/mol. The minimum atomic E-state index is -0.507. The average Bonchev–Trinajstić information content (AvgIpc) is 3.71. The van der Waals surface area contributed by atoms with Crippen LogP contribution in [0.4, 0.5) is 4.39 Å². The molecule has 0 saturated carbocycles. The van der Waals surface area contributed by atoms with Gasteiger partial charge in [0.05, 0.1) is 31.0 Å². The third-order valence-electron chi connectivity index (χ3n) is 6.59. The summed E-state index contributed by atoms with van der Waals surface area (Å²) in [5.74, 6) is 1.31. The quantitative estimate of drug-likeness (QED) is 0.225. The van der Waals surface area contributed by atoms with Crippen molar-refractivity contribution in [2.24, 2.45) is 0 Å². The number of ether oxygens (including phenoxy) is 3. The van der Waals surface area contributed by atoms with Crippen LogP contribution in [0.25, 0.3) is 40.1 Å². The van der Waals surface area contributed by atoms with Crippen molar-refractivity contribution in [3.63, 3.8) is 0 Å². The summed E-state index contributed by atoms with van der Waals surface area (Å²) < 4.78 is 34.1. The van der Waals surface area contributed by atoms with E-state index in [1.807, 2.05) is 61.5 Å². The molecule has 0 atom stereocenters. The zero-order valence-corrected chi connectivity index (χ0v) is 24.3. The first kappa shape index (κ1) is 27.9. The van der Waals surface area contributed by atoms with Gasteiger partial charge >= 0.3 is 0 Å². The molecule has 3 aromatic heterocycles. The molecule has 0 aliphatic rings. The molecular formula is C32H26FN5O4S. The average molecular weight is 596 g/mol. The van der Waals surface area contributed by atoms with E-state index in [1.54, 1.807) is 42.3 Å². The van der Waals surface area contributed by atoms with Gasteiger partial charge in [-0.15, -0.1) is 5.10 Å². The van der Waals surface area contributed by atoms with Crippen LogP contribution < -0.4 is 24.3 Å². The Labute approximate surface area is 249 Å². The smallest absolute Gasteiger partial charge is 0.291 e. The minimum absolute atomic E-state index is 0.135. The van der Waals surface area contributed by atoms with Crippen LogP contribution >= 0.6 is 11.3 Å². The number of nitrogens with zero attached hydrogens (tertiary/aromatic N) is 5. The van der Waals surface area contributed by atoms with Crippen molar-refractivity contribution < 1.29 is 18.6 Å². The van der Waals surface area contributed by atoms with Crippen molar-refractivity contribution in [3.05, 3.63) is 111 Å². The van der Waals surface area contributed by atoms with Crippen LogP contribution in [-0.4, -0.2) is 45.2 Å². The molecule has 0 unspecified atom stereocenters. The van der Waals surface area contributed by atoms with Crippen molar-refractivity contribution in [3.8, 4) is 34.2 Å². The van der Waals surface area contributed by atoms with Crippen molar-refractivity contribution in [2.75, 3.05) is 20.8 Å². The van der Waals surface area contributed by atoms with Gasteiger partial charge in [-0.05, 0) is 67.1 Å². The highest BCUT2D eigenvalue weighted by Gasteiger charge is 2.16. The lowest BCUT2D eigenvalue weighted by molar-refractivity contribution is 0.311. The highest BCUT2D eigenvalue weighted by molar-refractivity contribution is 7.15. The fraction of sp³-hybridized carbons (Fsp3) is 0.125. The van der Waals surface area contributed by atoms with Crippen molar-refractivity contribution in [2.45, 2.75) is 6.92 Å². The lowest BCUT2D eigenvalue weighted by atomic mass is 10.1. The first-order chi connectivity index (χ1) is 21.0. The van der Waals surface area contributed by atoms with Gasteiger partial charge in [0.1, 0.15) is 5.69 Å². The van der Waals surface area contributed by atoms with Crippen molar-refractivity contribution in [1.29, 1.82) is 0 Å². The summed E-state index contributed by atoms with van der Waals surface area (Å²) in [6.45, 7) is 2.45. The number of thiazole rings is 1. The number of rotatable bonds is 9. The standard InChI is InChI=1S/C32H26FN5O4S/c1-4-42-26-13-10-20(16-27(26)41-3)11-15-29-34-32-38(35-29)31(39)28(43-32)18-22-19-37(23-8-6-5-7-9-23)36-30(22)21-12-14-25(40-2)24(33)17-21/h5-19H,4H2,1-3H3/b15-11+,28-18-. The van der Waals surface area contributed by atoms with E-state index in [9.17, 15) is 9.18 Å². The van der Waals surface area contributed by atoms with Crippen LogP contribution in [-0.2, 0) is 0 Å². The Balaban J connectivity index is 1.36. The van der Waals surface area contributed by atoms with Gasteiger partial charge in [-0.25, -0.2) is 9.07 Å². The largest absolute Gasteiger partial charge is 0.494 e. The van der Waals surface area contributed by atoms with Crippen LogP contribution in [0.1, 0.15) is 23.9 Å². The summed E-state index contributed by atoms with van der Waals surface area (Å²) in [7, 11) is 3.00. The SMILES string of the molecule is CCOc1ccc(/C=C/c2nc3s/c(=C\c4cn(-c5ccccc5)nc4-c4ccc(OC)c(F)c4)c(=O)n3n2)cc1OC. The van der Waals surface area contributed by atoms with Gasteiger partial charge < -0.3 is 14.2 Å². The van der Waals surface area contributed by atoms with E-state index in [0.29, 0.717) is 50.2 Å². The number of hydrogen-bond donors (Lipinski definition) is 0. The summed E-state index contributed by atoms with van der Waals surface area (Å²) >= 11 is 1.21. The van der Waals surface area contributed by atoms with Gasteiger partial charge in [0.2, 0.25) is 4.96 Å². The topological polar surface area (TPSA) is 92.8 Å². The van der Waals surface area contributed by atoms with Gasteiger partial charge in [0.15, 0.2) is 28.9 Å². The zero-order chi connectivity index (χ0) is 29.9. The number of hydrogen-bond acceptors (Lipinski definition) is 8. The molecule has 0 aliphatic heterocycles. The molecule has 3 heterocycles. The third-order valence-corrected chi connectivity index (χ3v) is 7.54. The predicted octanol–water partition coefficient (Wildman–Crippen LogP) is 5.28. The second-order valence-corrected chi connectivity index (χ2v) is 10.3. The molecule has 0 fully saturated rings. The van der Waals surface area contributed by atoms with E-state index in [2.05, 4.69) is 10.1 Å². The lowest BCUT2D eigenvalue weighted by Crippen LogP contribution is -2.23. The number of methoxy groups -OCH3 is 2. The Bertz CT molecular complexity index is 2070. The molecule has 11 heteroatoms. The molecule has 0 saturated heterocycles. The molecule has 0 aliphatic carbocycles. The van der Waals surface area contributed by atoms with Crippen molar-refractivity contribution in [1.82, 2.24) is 24.4 Å². The van der Waals surface area contributed by atoms with E-state index in [1.165, 1.54) is 29.0 Å². The maximum absolute atomic E-state index is 14.6.